The molecule has 4 heterocycles. The molecular formula is C21H26N2O4. The number of rotatable bonds is 1. The Bertz CT molecular complexity index is 859. The summed E-state index contributed by atoms with van der Waals surface area (Å²) in [5, 5.41) is 15.8. The zero-order valence-corrected chi connectivity index (χ0v) is 15.3. The number of benzene rings is 1. The predicted octanol–water partition coefficient (Wildman–Crippen LogP) is 2.52. The number of aromatic nitrogens is 1. The molecular weight excluding hydrogens is 344 g/mol. The van der Waals surface area contributed by atoms with Crippen molar-refractivity contribution in [1.29, 1.82) is 0 Å². The third-order valence-corrected chi connectivity index (χ3v) is 6.76. The molecule has 3 aliphatic heterocycles. The lowest BCUT2D eigenvalue weighted by Gasteiger charge is -2.35. The lowest BCUT2D eigenvalue weighted by Crippen LogP contribution is -2.45. The van der Waals surface area contributed by atoms with Crippen molar-refractivity contribution in [3.05, 3.63) is 35.5 Å². The van der Waals surface area contributed by atoms with E-state index in [1.165, 1.54) is 17.4 Å². The maximum absolute atomic E-state index is 11.0. The third-order valence-electron chi connectivity index (χ3n) is 6.76. The highest BCUT2D eigenvalue weighted by Gasteiger charge is 2.59. The van der Waals surface area contributed by atoms with Crippen LogP contribution in [0.5, 0.6) is 0 Å². The van der Waals surface area contributed by atoms with E-state index in [0.29, 0.717) is 0 Å². The van der Waals surface area contributed by atoms with E-state index in [9.17, 15) is 5.11 Å². The summed E-state index contributed by atoms with van der Waals surface area (Å²) in [5.74, 6) is -0.536. The third kappa shape index (κ3) is 2.44. The fourth-order valence-electron chi connectivity index (χ4n) is 5.46. The molecule has 0 radical (unpaired) electrons. The zero-order valence-electron chi connectivity index (χ0n) is 15.3. The molecule has 3 fully saturated rings. The van der Waals surface area contributed by atoms with Gasteiger partial charge >= 0.3 is 0 Å². The lowest BCUT2D eigenvalue weighted by molar-refractivity contribution is -0.248. The molecule has 1 spiro atoms. The highest BCUT2D eigenvalue weighted by Crippen LogP contribution is 2.47. The van der Waals surface area contributed by atoms with Gasteiger partial charge in [-0.05, 0) is 37.4 Å². The van der Waals surface area contributed by atoms with E-state index in [2.05, 4.69) is 28.5 Å². The van der Waals surface area contributed by atoms with Crippen molar-refractivity contribution in [2.75, 3.05) is 6.54 Å². The van der Waals surface area contributed by atoms with Crippen LogP contribution in [-0.2, 0) is 20.6 Å². The second-order valence-electron chi connectivity index (χ2n) is 8.38. The Kier molecular flexibility index (Phi) is 3.69. The number of aliphatic hydroxyl groups excluding tert-OH is 1. The van der Waals surface area contributed by atoms with Gasteiger partial charge in [0, 0.05) is 29.4 Å². The SMILES string of the molecule is O[C@@H]1[C@H]2OC3(CCCCC3)O[C@H]2O[C@@H]1[C@H]1NCCc2c1[nH]c1ccccc21. The Morgan fingerprint density at radius 2 is 1.89 bits per heavy atom. The van der Waals surface area contributed by atoms with Gasteiger partial charge in [-0.15, -0.1) is 0 Å². The maximum Gasteiger partial charge on any atom is 0.190 e. The molecule has 6 nitrogen and oxygen atoms in total. The maximum atomic E-state index is 11.0. The van der Waals surface area contributed by atoms with E-state index >= 15 is 0 Å². The molecule has 3 N–H and O–H groups in total. The molecule has 5 atom stereocenters. The molecule has 2 saturated heterocycles. The molecule has 1 aliphatic carbocycles. The van der Waals surface area contributed by atoms with Crippen LogP contribution in [-0.4, -0.2) is 47.0 Å². The monoisotopic (exact) mass is 370 g/mol. The van der Waals surface area contributed by atoms with Crippen LogP contribution in [0.1, 0.15) is 49.4 Å². The number of aliphatic hydroxyl groups is 1. The molecule has 144 valence electrons. The lowest BCUT2D eigenvalue weighted by atomic mass is 9.92. The summed E-state index contributed by atoms with van der Waals surface area (Å²) in [6, 6.07) is 8.29. The molecule has 1 aromatic carbocycles. The van der Waals surface area contributed by atoms with Crippen molar-refractivity contribution in [3.8, 4) is 0 Å². The van der Waals surface area contributed by atoms with Crippen molar-refractivity contribution < 1.29 is 19.3 Å². The number of fused-ring (bicyclic) bond motifs is 4. The molecule has 4 aliphatic rings. The first-order valence-corrected chi connectivity index (χ1v) is 10.3. The van der Waals surface area contributed by atoms with Crippen molar-refractivity contribution in [1.82, 2.24) is 10.3 Å². The smallest absolute Gasteiger partial charge is 0.190 e. The number of aromatic amines is 1. The topological polar surface area (TPSA) is 75.7 Å². The average Bonchev–Trinajstić information content (AvgIpc) is 3.33. The Balaban J connectivity index is 1.29. The van der Waals surface area contributed by atoms with Crippen LogP contribution >= 0.6 is 0 Å². The summed E-state index contributed by atoms with van der Waals surface area (Å²) in [6.07, 6.45) is 4.27. The minimum Gasteiger partial charge on any atom is -0.387 e. The van der Waals surface area contributed by atoms with E-state index in [4.69, 9.17) is 14.2 Å². The quantitative estimate of drug-likeness (QED) is 0.719. The Labute approximate surface area is 158 Å². The highest BCUT2D eigenvalue weighted by atomic mass is 16.8. The standard InChI is InChI=1S/C21H26N2O4/c24-17-18(25-20-19(17)26-21(27-20)9-4-1-5-10-21)16-15-13(8-11-22-16)12-6-2-3-7-14(12)23-15/h2-3,6-7,16-20,22-24H,1,4-5,8-11H2/t16-,17-,18+,19+,20+/m0/s1. The average molecular weight is 370 g/mol. The normalized spacial score (nSPS) is 37.6. The zero-order chi connectivity index (χ0) is 18.0. The van der Waals surface area contributed by atoms with Gasteiger partial charge in [-0.3, -0.25) is 0 Å². The fraction of sp³-hybridized carbons (Fsp3) is 0.619. The molecule has 0 amide bonds. The molecule has 1 saturated carbocycles. The van der Waals surface area contributed by atoms with Crippen molar-refractivity contribution >= 4 is 10.9 Å². The molecule has 6 heteroatoms. The second kappa shape index (κ2) is 6.03. The predicted molar refractivity (Wildman–Crippen MR) is 99.2 cm³/mol. The largest absolute Gasteiger partial charge is 0.387 e. The molecule has 0 bridgehead atoms. The number of hydrogen-bond acceptors (Lipinski definition) is 5. The van der Waals surface area contributed by atoms with Gasteiger partial charge in [0.2, 0.25) is 0 Å². The van der Waals surface area contributed by atoms with Crippen molar-refractivity contribution in [2.24, 2.45) is 0 Å². The summed E-state index contributed by atoms with van der Waals surface area (Å²) in [5.41, 5.74) is 3.59. The van der Waals surface area contributed by atoms with Crippen LogP contribution < -0.4 is 5.32 Å². The first-order valence-electron chi connectivity index (χ1n) is 10.3. The second-order valence-corrected chi connectivity index (χ2v) is 8.38. The van der Waals surface area contributed by atoms with E-state index in [1.807, 2.05) is 6.07 Å². The molecule has 2 aromatic rings. The van der Waals surface area contributed by atoms with E-state index in [1.54, 1.807) is 0 Å². The fourth-order valence-corrected chi connectivity index (χ4v) is 5.46. The van der Waals surface area contributed by atoms with Gasteiger partial charge in [0.1, 0.15) is 18.3 Å². The summed E-state index contributed by atoms with van der Waals surface area (Å²) >= 11 is 0. The van der Waals surface area contributed by atoms with Gasteiger partial charge in [0.05, 0.1) is 6.04 Å². The molecule has 1 aromatic heterocycles. The van der Waals surface area contributed by atoms with Crippen LogP contribution in [0.15, 0.2) is 24.3 Å². The Morgan fingerprint density at radius 3 is 2.74 bits per heavy atom. The summed E-state index contributed by atoms with van der Waals surface area (Å²) in [4.78, 5) is 3.55. The van der Waals surface area contributed by atoms with Gasteiger partial charge < -0.3 is 29.6 Å². The van der Waals surface area contributed by atoms with Crippen LogP contribution in [0.3, 0.4) is 0 Å². The van der Waals surface area contributed by atoms with E-state index in [-0.39, 0.29) is 12.1 Å². The first-order chi connectivity index (χ1) is 13.2. The first kappa shape index (κ1) is 16.5. The Morgan fingerprint density at radius 1 is 1.04 bits per heavy atom. The number of nitrogens with one attached hydrogen (secondary N) is 2. The van der Waals surface area contributed by atoms with Gasteiger partial charge in [-0.1, -0.05) is 24.6 Å². The van der Waals surface area contributed by atoms with Crippen LogP contribution in [0, 0.1) is 0 Å². The summed E-state index contributed by atoms with van der Waals surface area (Å²) in [7, 11) is 0. The minimum atomic E-state index is -0.703. The van der Waals surface area contributed by atoms with Crippen LogP contribution in [0.4, 0.5) is 0 Å². The van der Waals surface area contributed by atoms with Gasteiger partial charge in [-0.25, -0.2) is 0 Å². The van der Waals surface area contributed by atoms with E-state index < -0.39 is 24.3 Å². The summed E-state index contributed by atoms with van der Waals surface area (Å²) < 4.78 is 18.7. The van der Waals surface area contributed by atoms with Crippen LogP contribution in [0.2, 0.25) is 0 Å². The van der Waals surface area contributed by atoms with Gasteiger partial charge in [0.15, 0.2) is 12.1 Å². The number of ether oxygens (including phenoxy) is 3. The highest BCUT2D eigenvalue weighted by molar-refractivity contribution is 5.85. The number of hydrogen-bond donors (Lipinski definition) is 3. The number of para-hydroxylation sites is 1. The van der Waals surface area contributed by atoms with Crippen LogP contribution in [0.25, 0.3) is 10.9 Å². The van der Waals surface area contributed by atoms with Gasteiger partial charge in [0.25, 0.3) is 0 Å². The molecule has 0 unspecified atom stereocenters. The van der Waals surface area contributed by atoms with E-state index in [0.717, 1.165) is 49.9 Å². The Hall–Kier alpha value is -1.44. The number of H-pyrrole nitrogens is 1. The van der Waals surface area contributed by atoms with Crippen molar-refractivity contribution in [3.63, 3.8) is 0 Å². The molecule has 6 rings (SSSR count). The van der Waals surface area contributed by atoms with Crippen molar-refractivity contribution in [2.45, 2.75) is 75.0 Å². The van der Waals surface area contributed by atoms with Gasteiger partial charge in [-0.2, -0.15) is 0 Å². The summed E-state index contributed by atoms with van der Waals surface area (Å²) in [6.45, 7) is 0.868. The minimum absolute atomic E-state index is 0.0868. The molecule has 27 heavy (non-hydrogen) atoms.